The summed E-state index contributed by atoms with van der Waals surface area (Å²) in [5, 5.41) is 2.94. The minimum atomic E-state index is -4.72. The van der Waals surface area contributed by atoms with E-state index in [-0.39, 0.29) is 48.1 Å². The van der Waals surface area contributed by atoms with Gasteiger partial charge in [0.2, 0.25) is 0 Å². The lowest BCUT2D eigenvalue weighted by Crippen LogP contribution is -2.31. The lowest BCUT2D eigenvalue weighted by atomic mass is 10.1. The lowest BCUT2D eigenvalue weighted by molar-refractivity contribution is -0.274. The molecule has 2 rings (SSSR count). The molecule has 0 unspecified atom stereocenters. The molecule has 158 valence electrons. The van der Waals surface area contributed by atoms with Crippen molar-refractivity contribution in [2.45, 2.75) is 19.5 Å². The zero-order chi connectivity index (χ0) is 20.7. The van der Waals surface area contributed by atoms with Crippen LogP contribution in [0.2, 0.25) is 0 Å². The number of carbonyl (C=O) groups is 1. The van der Waals surface area contributed by atoms with E-state index in [9.17, 15) is 18.0 Å². The van der Waals surface area contributed by atoms with Gasteiger partial charge in [-0.2, -0.15) is 0 Å². The van der Waals surface area contributed by atoms with Crippen LogP contribution in [0.1, 0.15) is 21.5 Å². The largest absolute Gasteiger partial charge is 0.573 e. The lowest BCUT2D eigenvalue weighted by Gasteiger charge is -2.11. The Hall–Kier alpha value is -2.50. The van der Waals surface area contributed by atoms with Gasteiger partial charge in [0.05, 0.1) is 6.54 Å². The minimum Gasteiger partial charge on any atom is -0.406 e. The molecule has 6 nitrogen and oxygen atoms in total. The van der Waals surface area contributed by atoms with Crippen LogP contribution in [0.3, 0.4) is 0 Å². The van der Waals surface area contributed by atoms with Crippen molar-refractivity contribution in [2.75, 3.05) is 14.1 Å². The second kappa shape index (κ2) is 10.9. The molecule has 0 aromatic heterocycles. The molecule has 0 atom stereocenters. The molecular formula is C19H22F3IN4O2. The maximum atomic E-state index is 12.1. The first-order chi connectivity index (χ1) is 13.1. The Balaban J connectivity index is 0.00000420. The molecule has 0 aliphatic carbocycles. The molecule has 2 aromatic carbocycles. The van der Waals surface area contributed by atoms with E-state index in [4.69, 9.17) is 5.73 Å². The molecule has 0 aliphatic rings. The number of carbonyl (C=O) groups excluding carboxylic acids is 1. The number of aliphatic imine (C=N–C) groups is 1. The number of hydrogen-bond donors (Lipinski definition) is 2. The number of alkyl halides is 3. The van der Waals surface area contributed by atoms with Crippen LogP contribution in [0.4, 0.5) is 13.2 Å². The smallest absolute Gasteiger partial charge is 0.406 e. The van der Waals surface area contributed by atoms with Crippen molar-refractivity contribution in [1.29, 1.82) is 0 Å². The average molecular weight is 522 g/mol. The Morgan fingerprint density at radius 1 is 1.07 bits per heavy atom. The first-order valence-electron chi connectivity index (χ1n) is 8.33. The summed E-state index contributed by atoms with van der Waals surface area (Å²) in [4.78, 5) is 17.5. The Morgan fingerprint density at radius 2 is 1.62 bits per heavy atom. The number of amides is 1. The number of nitrogens with one attached hydrogen (secondary N) is 1. The first kappa shape index (κ1) is 24.5. The number of rotatable bonds is 6. The average Bonchev–Trinajstić information content (AvgIpc) is 2.64. The Kier molecular flexibility index (Phi) is 9.21. The Bertz CT molecular complexity index is 823. The quantitative estimate of drug-likeness (QED) is 0.346. The molecular weight excluding hydrogens is 500 g/mol. The van der Waals surface area contributed by atoms with E-state index in [2.05, 4.69) is 15.0 Å². The molecule has 0 spiro atoms. The van der Waals surface area contributed by atoms with Crippen molar-refractivity contribution in [3.8, 4) is 5.75 Å². The minimum absolute atomic E-state index is 0. The highest BCUT2D eigenvalue weighted by molar-refractivity contribution is 14.0. The predicted octanol–water partition coefficient (Wildman–Crippen LogP) is 3.51. The topological polar surface area (TPSA) is 80.0 Å². The highest BCUT2D eigenvalue weighted by Crippen LogP contribution is 2.22. The SMILES string of the molecule is CN(C)C(=O)c1ccc(CNC(N)=NCc2ccc(OC(F)(F)F)cc2)cc1.I. The van der Waals surface area contributed by atoms with Gasteiger partial charge in [-0.05, 0) is 35.4 Å². The number of hydrogen-bond acceptors (Lipinski definition) is 3. The fraction of sp³-hybridized carbons (Fsp3) is 0.263. The van der Waals surface area contributed by atoms with Gasteiger partial charge in [0, 0.05) is 26.2 Å². The fourth-order valence-corrected chi connectivity index (χ4v) is 2.24. The standard InChI is InChI=1S/C19H21F3N4O2.HI/c1-26(2)17(27)15-7-3-13(4-8-15)11-24-18(23)25-12-14-5-9-16(10-6-14)28-19(20,21)22;/h3-10H,11-12H2,1-2H3,(H3,23,24,25);1H. The van der Waals surface area contributed by atoms with Gasteiger partial charge in [-0.25, -0.2) is 4.99 Å². The maximum absolute atomic E-state index is 12.1. The normalized spacial score (nSPS) is 11.4. The Morgan fingerprint density at radius 3 is 2.14 bits per heavy atom. The number of guanidine groups is 1. The van der Waals surface area contributed by atoms with Crippen molar-refractivity contribution < 1.29 is 22.7 Å². The monoisotopic (exact) mass is 522 g/mol. The van der Waals surface area contributed by atoms with E-state index in [1.807, 2.05) is 12.1 Å². The summed E-state index contributed by atoms with van der Waals surface area (Å²) in [5.74, 6) is -0.168. The number of benzene rings is 2. The van der Waals surface area contributed by atoms with Crippen molar-refractivity contribution in [3.63, 3.8) is 0 Å². The summed E-state index contributed by atoms with van der Waals surface area (Å²) in [6.45, 7) is 0.630. The molecule has 0 bridgehead atoms. The van der Waals surface area contributed by atoms with Gasteiger partial charge in [0.1, 0.15) is 5.75 Å². The van der Waals surface area contributed by atoms with Crippen molar-refractivity contribution >= 4 is 35.8 Å². The van der Waals surface area contributed by atoms with E-state index >= 15 is 0 Å². The van der Waals surface area contributed by atoms with Crippen LogP contribution in [0.15, 0.2) is 53.5 Å². The fourth-order valence-electron chi connectivity index (χ4n) is 2.24. The van der Waals surface area contributed by atoms with Crippen LogP contribution >= 0.6 is 24.0 Å². The third-order valence-electron chi connectivity index (χ3n) is 3.67. The van der Waals surface area contributed by atoms with Gasteiger partial charge >= 0.3 is 6.36 Å². The number of halogens is 4. The van der Waals surface area contributed by atoms with Crippen LogP contribution in [-0.2, 0) is 13.1 Å². The predicted molar refractivity (Wildman–Crippen MR) is 115 cm³/mol. The summed E-state index contributed by atoms with van der Waals surface area (Å²) >= 11 is 0. The third-order valence-corrected chi connectivity index (χ3v) is 3.67. The zero-order valence-electron chi connectivity index (χ0n) is 15.9. The van der Waals surface area contributed by atoms with Crippen molar-refractivity contribution in [2.24, 2.45) is 10.7 Å². The molecule has 2 aromatic rings. The van der Waals surface area contributed by atoms with Gasteiger partial charge in [0.25, 0.3) is 5.91 Å². The maximum Gasteiger partial charge on any atom is 0.573 e. The van der Waals surface area contributed by atoms with Crippen LogP contribution < -0.4 is 15.8 Å². The zero-order valence-corrected chi connectivity index (χ0v) is 18.2. The number of ether oxygens (including phenoxy) is 1. The summed E-state index contributed by atoms with van der Waals surface area (Å²) in [6.07, 6.45) is -4.72. The highest BCUT2D eigenvalue weighted by Gasteiger charge is 2.30. The van der Waals surface area contributed by atoms with Gasteiger partial charge in [-0.1, -0.05) is 24.3 Å². The molecule has 1 amide bonds. The van der Waals surface area contributed by atoms with Gasteiger partial charge in [0.15, 0.2) is 5.96 Å². The van der Waals surface area contributed by atoms with Gasteiger partial charge < -0.3 is 20.7 Å². The molecule has 0 aliphatic heterocycles. The second-order valence-corrected chi connectivity index (χ2v) is 6.14. The van der Waals surface area contributed by atoms with E-state index in [1.54, 1.807) is 26.2 Å². The molecule has 0 radical (unpaired) electrons. The second-order valence-electron chi connectivity index (χ2n) is 6.14. The van der Waals surface area contributed by atoms with Crippen LogP contribution in [-0.4, -0.2) is 37.2 Å². The third kappa shape index (κ3) is 8.59. The first-order valence-corrected chi connectivity index (χ1v) is 8.33. The number of nitrogens with zero attached hydrogens (tertiary/aromatic N) is 2. The van der Waals surface area contributed by atoms with Gasteiger partial charge in [-0.3, -0.25) is 4.79 Å². The summed E-state index contributed by atoms with van der Waals surface area (Å²) in [7, 11) is 3.37. The van der Waals surface area contributed by atoms with E-state index in [0.717, 1.165) is 5.56 Å². The highest BCUT2D eigenvalue weighted by atomic mass is 127. The molecule has 0 heterocycles. The van der Waals surface area contributed by atoms with Crippen molar-refractivity contribution in [1.82, 2.24) is 10.2 Å². The molecule has 10 heteroatoms. The number of nitrogens with two attached hydrogens (primary N) is 1. The molecule has 0 saturated heterocycles. The van der Waals surface area contributed by atoms with E-state index in [0.29, 0.717) is 17.7 Å². The van der Waals surface area contributed by atoms with E-state index in [1.165, 1.54) is 29.2 Å². The molecule has 3 N–H and O–H groups in total. The molecule has 0 saturated carbocycles. The van der Waals surface area contributed by atoms with Crippen LogP contribution in [0.25, 0.3) is 0 Å². The summed E-state index contributed by atoms with van der Waals surface area (Å²) < 4.78 is 40.2. The van der Waals surface area contributed by atoms with E-state index < -0.39 is 6.36 Å². The molecule has 29 heavy (non-hydrogen) atoms. The van der Waals surface area contributed by atoms with Crippen LogP contribution in [0, 0.1) is 0 Å². The summed E-state index contributed by atoms with van der Waals surface area (Å²) in [6, 6.07) is 12.5. The van der Waals surface area contributed by atoms with Crippen LogP contribution in [0.5, 0.6) is 5.75 Å². The van der Waals surface area contributed by atoms with Gasteiger partial charge in [-0.15, -0.1) is 37.1 Å². The van der Waals surface area contributed by atoms with Crippen molar-refractivity contribution in [3.05, 3.63) is 65.2 Å². The summed E-state index contributed by atoms with van der Waals surface area (Å²) in [5.41, 5.74) is 8.00. The molecule has 0 fully saturated rings. The Labute approximate surface area is 184 Å².